The van der Waals surface area contributed by atoms with E-state index < -0.39 is 23.5 Å². The zero-order chi connectivity index (χ0) is 19.1. The van der Waals surface area contributed by atoms with Gasteiger partial charge in [-0.15, -0.1) is 0 Å². The van der Waals surface area contributed by atoms with Crippen LogP contribution in [0.5, 0.6) is 5.75 Å². The Labute approximate surface area is 146 Å². The van der Waals surface area contributed by atoms with E-state index in [1.807, 2.05) is 0 Å². The lowest BCUT2D eigenvalue weighted by Gasteiger charge is -2.14. The fraction of sp³-hybridized carbons (Fsp3) is 0.111. The summed E-state index contributed by atoms with van der Waals surface area (Å²) in [6, 6.07) is 10.4. The Morgan fingerprint density at radius 2 is 1.85 bits per heavy atom. The van der Waals surface area contributed by atoms with Crippen LogP contribution in [0.4, 0.5) is 13.2 Å². The van der Waals surface area contributed by atoms with Crippen molar-refractivity contribution < 1.29 is 28.2 Å². The Hall–Kier alpha value is -3.29. The number of nitrogens with zero attached hydrogens (tertiary/aromatic N) is 2. The van der Waals surface area contributed by atoms with Gasteiger partial charge in [-0.05, 0) is 49.4 Å². The first-order valence-electron chi connectivity index (χ1n) is 7.48. The van der Waals surface area contributed by atoms with Crippen molar-refractivity contribution in [3.8, 4) is 22.8 Å². The zero-order valence-corrected chi connectivity index (χ0v) is 13.4. The molecule has 1 aromatic carbocycles. The molecule has 0 aliphatic heterocycles. The van der Waals surface area contributed by atoms with Gasteiger partial charge >= 0.3 is 12.1 Å². The lowest BCUT2D eigenvalue weighted by Crippen LogP contribution is -2.07. The molecule has 0 fully saturated rings. The molecule has 3 aromatic rings. The van der Waals surface area contributed by atoms with E-state index in [0.717, 1.165) is 6.07 Å². The standard InChI is InChI=1S/C18H13F3N2O3/c1-10-5-8-14(12-7-6-11(9-15(12)24)18(19,20)21)23(10)16-4-2-3-13(22-16)17(25)26/h2-9,24H,1H3,(H,25,26). The Morgan fingerprint density at radius 3 is 2.46 bits per heavy atom. The summed E-state index contributed by atoms with van der Waals surface area (Å²) in [5.41, 5.74) is 0.115. The van der Waals surface area contributed by atoms with Gasteiger partial charge in [0.25, 0.3) is 0 Å². The molecule has 0 radical (unpaired) electrons. The van der Waals surface area contributed by atoms with Crippen LogP contribution in [0.2, 0.25) is 0 Å². The third kappa shape index (κ3) is 3.13. The number of phenolic OH excluding ortho intramolecular Hbond substituents is 1. The zero-order valence-electron chi connectivity index (χ0n) is 13.4. The molecule has 3 rings (SSSR count). The van der Waals surface area contributed by atoms with Crippen LogP contribution in [0.3, 0.4) is 0 Å². The highest BCUT2D eigenvalue weighted by molar-refractivity contribution is 5.85. The van der Waals surface area contributed by atoms with Gasteiger partial charge in [0.15, 0.2) is 5.69 Å². The lowest BCUT2D eigenvalue weighted by atomic mass is 10.1. The number of alkyl halides is 3. The van der Waals surface area contributed by atoms with Crippen LogP contribution >= 0.6 is 0 Å². The van der Waals surface area contributed by atoms with E-state index in [1.165, 1.54) is 18.2 Å². The highest BCUT2D eigenvalue weighted by atomic mass is 19.4. The summed E-state index contributed by atoms with van der Waals surface area (Å²) in [7, 11) is 0. The smallest absolute Gasteiger partial charge is 0.416 e. The molecule has 0 amide bonds. The second kappa shape index (κ2) is 6.21. The third-order valence-electron chi connectivity index (χ3n) is 3.86. The number of rotatable bonds is 3. The topological polar surface area (TPSA) is 75.4 Å². The summed E-state index contributed by atoms with van der Waals surface area (Å²) in [6.07, 6.45) is -4.56. The molecule has 8 heteroatoms. The maximum atomic E-state index is 12.8. The molecule has 2 N–H and O–H groups in total. The van der Waals surface area contributed by atoms with Crippen molar-refractivity contribution in [1.29, 1.82) is 0 Å². The molecule has 0 aliphatic carbocycles. The van der Waals surface area contributed by atoms with E-state index in [1.54, 1.807) is 29.7 Å². The van der Waals surface area contributed by atoms with Crippen molar-refractivity contribution in [3.63, 3.8) is 0 Å². The molecule has 0 saturated carbocycles. The average molecular weight is 362 g/mol. The van der Waals surface area contributed by atoms with Crippen molar-refractivity contribution >= 4 is 5.97 Å². The van der Waals surface area contributed by atoms with Gasteiger partial charge in [-0.1, -0.05) is 6.07 Å². The number of halogens is 3. The number of hydrogen-bond acceptors (Lipinski definition) is 3. The van der Waals surface area contributed by atoms with Crippen molar-refractivity contribution in [2.45, 2.75) is 13.1 Å². The highest BCUT2D eigenvalue weighted by Crippen LogP contribution is 2.37. The summed E-state index contributed by atoms with van der Waals surface area (Å²) in [5.74, 6) is -1.45. The van der Waals surface area contributed by atoms with Crippen molar-refractivity contribution in [3.05, 3.63) is 65.5 Å². The molecule has 0 saturated heterocycles. The Morgan fingerprint density at radius 1 is 1.12 bits per heavy atom. The molecule has 5 nitrogen and oxygen atoms in total. The number of benzene rings is 1. The minimum Gasteiger partial charge on any atom is -0.507 e. The number of phenols is 1. The number of aromatic nitrogens is 2. The van der Waals surface area contributed by atoms with Crippen molar-refractivity contribution in [1.82, 2.24) is 9.55 Å². The quantitative estimate of drug-likeness (QED) is 0.730. The minimum atomic E-state index is -4.56. The van der Waals surface area contributed by atoms with Gasteiger partial charge in [0.05, 0.1) is 11.3 Å². The highest BCUT2D eigenvalue weighted by Gasteiger charge is 2.31. The third-order valence-corrected chi connectivity index (χ3v) is 3.86. The summed E-state index contributed by atoms with van der Waals surface area (Å²) < 4.78 is 39.9. The van der Waals surface area contributed by atoms with Crippen LogP contribution in [0, 0.1) is 6.92 Å². The molecule has 0 aliphatic rings. The second-order valence-corrected chi connectivity index (χ2v) is 5.61. The van der Waals surface area contributed by atoms with Crippen LogP contribution < -0.4 is 0 Å². The van der Waals surface area contributed by atoms with E-state index in [0.29, 0.717) is 17.5 Å². The van der Waals surface area contributed by atoms with Gasteiger partial charge in [0.2, 0.25) is 0 Å². The minimum absolute atomic E-state index is 0.168. The van der Waals surface area contributed by atoms with Crippen LogP contribution in [0.1, 0.15) is 21.7 Å². The first kappa shape index (κ1) is 17.5. The molecule has 2 heterocycles. The normalized spacial score (nSPS) is 11.5. The number of carboxylic acid groups (broad SMARTS) is 1. The van der Waals surface area contributed by atoms with E-state index in [2.05, 4.69) is 4.98 Å². The van der Waals surface area contributed by atoms with Gasteiger partial charge < -0.3 is 10.2 Å². The molecule has 0 spiro atoms. The Bertz CT molecular complexity index is 994. The monoisotopic (exact) mass is 362 g/mol. The summed E-state index contributed by atoms with van der Waals surface area (Å²) in [5, 5.41) is 19.2. The first-order chi connectivity index (χ1) is 12.2. The van der Waals surface area contributed by atoms with Crippen LogP contribution in [-0.2, 0) is 6.18 Å². The number of pyridine rings is 1. The van der Waals surface area contributed by atoms with Crippen LogP contribution in [0.15, 0.2) is 48.5 Å². The first-order valence-corrected chi connectivity index (χ1v) is 7.48. The Kier molecular flexibility index (Phi) is 4.19. The number of carboxylic acids is 1. The number of aromatic carboxylic acids is 1. The van der Waals surface area contributed by atoms with E-state index in [9.17, 15) is 23.1 Å². The van der Waals surface area contributed by atoms with Crippen molar-refractivity contribution in [2.75, 3.05) is 0 Å². The lowest BCUT2D eigenvalue weighted by molar-refractivity contribution is -0.137. The van der Waals surface area contributed by atoms with Gasteiger partial charge in [0.1, 0.15) is 11.6 Å². The van der Waals surface area contributed by atoms with Gasteiger partial charge in [-0.3, -0.25) is 4.57 Å². The van der Waals surface area contributed by atoms with Crippen molar-refractivity contribution in [2.24, 2.45) is 0 Å². The van der Waals surface area contributed by atoms with E-state index in [-0.39, 0.29) is 17.1 Å². The maximum absolute atomic E-state index is 12.8. The number of carbonyl (C=O) groups is 1. The average Bonchev–Trinajstić information content (AvgIpc) is 2.95. The van der Waals surface area contributed by atoms with E-state index in [4.69, 9.17) is 5.11 Å². The molecule has 0 atom stereocenters. The largest absolute Gasteiger partial charge is 0.507 e. The fourth-order valence-corrected chi connectivity index (χ4v) is 2.64. The molecule has 134 valence electrons. The van der Waals surface area contributed by atoms with Gasteiger partial charge in [-0.25, -0.2) is 9.78 Å². The molecular formula is C18H13F3N2O3. The number of hydrogen-bond donors (Lipinski definition) is 2. The summed E-state index contributed by atoms with van der Waals surface area (Å²) in [6.45, 7) is 1.74. The molecular weight excluding hydrogens is 349 g/mol. The Balaban J connectivity index is 2.15. The predicted molar refractivity (Wildman–Crippen MR) is 87.4 cm³/mol. The SMILES string of the molecule is Cc1ccc(-c2ccc(C(F)(F)F)cc2O)n1-c1cccc(C(=O)O)n1. The number of aromatic hydroxyl groups is 1. The maximum Gasteiger partial charge on any atom is 0.416 e. The van der Waals surface area contributed by atoms with Gasteiger partial charge in [0, 0.05) is 11.3 Å². The van der Waals surface area contributed by atoms with Gasteiger partial charge in [-0.2, -0.15) is 13.2 Å². The molecule has 0 unspecified atom stereocenters. The molecule has 0 bridgehead atoms. The predicted octanol–water partition coefficient (Wildman–Crippen LogP) is 4.27. The molecule has 26 heavy (non-hydrogen) atoms. The number of aryl methyl sites for hydroxylation is 1. The summed E-state index contributed by atoms with van der Waals surface area (Å²) >= 11 is 0. The van der Waals surface area contributed by atoms with Crippen LogP contribution in [-0.4, -0.2) is 25.7 Å². The second-order valence-electron chi connectivity index (χ2n) is 5.61. The summed E-state index contributed by atoms with van der Waals surface area (Å²) in [4.78, 5) is 15.2. The van der Waals surface area contributed by atoms with E-state index >= 15 is 0 Å². The van der Waals surface area contributed by atoms with Crippen LogP contribution in [0.25, 0.3) is 17.1 Å². The fourth-order valence-electron chi connectivity index (χ4n) is 2.64. The molecule has 2 aromatic heterocycles.